The molecule has 4 nitrogen and oxygen atoms in total. The summed E-state index contributed by atoms with van der Waals surface area (Å²) in [5.74, 6) is 0.940. The van der Waals surface area contributed by atoms with Gasteiger partial charge >= 0.3 is 0 Å². The van der Waals surface area contributed by atoms with Gasteiger partial charge in [0, 0.05) is 18.9 Å². The molecular weight excluding hydrogens is 226 g/mol. The van der Waals surface area contributed by atoms with Crippen LogP contribution in [-0.4, -0.2) is 9.97 Å². The number of nitrogens with one attached hydrogen (secondary N) is 1. The molecule has 0 amide bonds. The molecule has 2 aromatic heterocycles. The standard InChI is InChI=1S/C14H13N3O/c1-2-12(18-7-1)10-15-9-11-3-4-13-14(8-11)17-6-5-16-13/h1-8,15H,9-10H2. The van der Waals surface area contributed by atoms with Crippen LogP contribution in [-0.2, 0) is 13.1 Å². The van der Waals surface area contributed by atoms with Crippen molar-refractivity contribution in [3.63, 3.8) is 0 Å². The zero-order valence-corrected chi connectivity index (χ0v) is 9.84. The van der Waals surface area contributed by atoms with E-state index < -0.39 is 0 Å². The van der Waals surface area contributed by atoms with Crippen molar-refractivity contribution in [1.29, 1.82) is 0 Å². The number of aromatic nitrogens is 2. The van der Waals surface area contributed by atoms with Crippen LogP contribution in [0.4, 0.5) is 0 Å². The second kappa shape index (κ2) is 4.98. The average molecular weight is 239 g/mol. The van der Waals surface area contributed by atoms with E-state index >= 15 is 0 Å². The Morgan fingerprint density at radius 2 is 1.89 bits per heavy atom. The van der Waals surface area contributed by atoms with E-state index in [1.807, 2.05) is 18.2 Å². The Kier molecular flexibility index (Phi) is 3.02. The van der Waals surface area contributed by atoms with Crippen LogP contribution in [0.5, 0.6) is 0 Å². The minimum atomic E-state index is 0.728. The van der Waals surface area contributed by atoms with E-state index in [1.165, 1.54) is 5.56 Å². The predicted molar refractivity (Wildman–Crippen MR) is 68.8 cm³/mol. The molecule has 3 aromatic rings. The van der Waals surface area contributed by atoms with Crippen LogP contribution in [0.25, 0.3) is 11.0 Å². The minimum Gasteiger partial charge on any atom is -0.468 e. The number of furan rings is 1. The Bertz CT molecular complexity index is 634. The summed E-state index contributed by atoms with van der Waals surface area (Å²) in [5.41, 5.74) is 3.04. The molecule has 4 heteroatoms. The molecule has 0 atom stereocenters. The van der Waals surface area contributed by atoms with Crippen molar-refractivity contribution in [3.8, 4) is 0 Å². The highest BCUT2D eigenvalue weighted by atomic mass is 16.3. The van der Waals surface area contributed by atoms with Crippen molar-refractivity contribution in [2.24, 2.45) is 0 Å². The first-order chi connectivity index (χ1) is 8.92. The maximum absolute atomic E-state index is 5.26. The van der Waals surface area contributed by atoms with Crippen LogP contribution in [0.1, 0.15) is 11.3 Å². The molecule has 0 aliphatic heterocycles. The molecular formula is C14H13N3O. The molecule has 18 heavy (non-hydrogen) atoms. The lowest BCUT2D eigenvalue weighted by molar-refractivity contribution is 0.483. The van der Waals surface area contributed by atoms with E-state index in [9.17, 15) is 0 Å². The maximum Gasteiger partial charge on any atom is 0.117 e. The summed E-state index contributed by atoms with van der Waals surface area (Å²) in [4.78, 5) is 8.54. The van der Waals surface area contributed by atoms with E-state index in [1.54, 1.807) is 18.7 Å². The molecule has 0 saturated heterocycles. The molecule has 0 unspecified atom stereocenters. The highest BCUT2D eigenvalue weighted by Gasteiger charge is 1.99. The summed E-state index contributed by atoms with van der Waals surface area (Å²) in [6, 6.07) is 9.96. The van der Waals surface area contributed by atoms with Crippen LogP contribution in [0, 0.1) is 0 Å². The van der Waals surface area contributed by atoms with Crippen molar-refractivity contribution >= 4 is 11.0 Å². The molecule has 0 aliphatic carbocycles. The Labute approximate surface area is 105 Å². The second-order valence-electron chi connectivity index (χ2n) is 4.06. The molecule has 1 N–H and O–H groups in total. The third kappa shape index (κ3) is 2.38. The van der Waals surface area contributed by atoms with Gasteiger partial charge in [-0.3, -0.25) is 9.97 Å². The fourth-order valence-electron chi connectivity index (χ4n) is 1.86. The smallest absolute Gasteiger partial charge is 0.117 e. The summed E-state index contributed by atoms with van der Waals surface area (Å²) in [5, 5.41) is 3.33. The van der Waals surface area contributed by atoms with Gasteiger partial charge in [0.25, 0.3) is 0 Å². The van der Waals surface area contributed by atoms with Gasteiger partial charge in [0.15, 0.2) is 0 Å². The normalized spacial score (nSPS) is 10.9. The number of fused-ring (bicyclic) bond motifs is 1. The second-order valence-corrected chi connectivity index (χ2v) is 4.06. The van der Waals surface area contributed by atoms with Gasteiger partial charge in [0.05, 0.1) is 23.8 Å². The topological polar surface area (TPSA) is 51.0 Å². The van der Waals surface area contributed by atoms with Gasteiger partial charge in [-0.2, -0.15) is 0 Å². The zero-order chi connectivity index (χ0) is 12.2. The lowest BCUT2D eigenvalue weighted by Gasteiger charge is -2.04. The molecule has 3 rings (SSSR count). The Morgan fingerprint density at radius 3 is 2.72 bits per heavy atom. The highest BCUT2D eigenvalue weighted by Crippen LogP contribution is 2.10. The van der Waals surface area contributed by atoms with E-state index in [4.69, 9.17) is 4.42 Å². The van der Waals surface area contributed by atoms with Crippen molar-refractivity contribution < 1.29 is 4.42 Å². The van der Waals surface area contributed by atoms with Crippen LogP contribution in [0.15, 0.2) is 53.4 Å². The molecule has 90 valence electrons. The first-order valence-electron chi connectivity index (χ1n) is 5.84. The van der Waals surface area contributed by atoms with Crippen LogP contribution >= 0.6 is 0 Å². The monoisotopic (exact) mass is 239 g/mol. The largest absolute Gasteiger partial charge is 0.468 e. The first kappa shape index (κ1) is 10.9. The van der Waals surface area contributed by atoms with E-state index in [-0.39, 0.29) is 0 Å². The number of benzene rings is 1. The molecule has 1 aromatic carbocycles. The lowest BCUT2D eigenvalue weighted by atomic mass is 10.2. The van der Waals surface area contributed by atoms with Crippen molar-refractivity contribution in [1.82, 2.24) is 15.3 Å². The maximum atomic E-state index is 5.26. The number of rotatable bonds is 4. The third-order valence-electron chi connectivity index (χ3n) is 2.74. The number of nitrogens with zero attached hydrogens (tertiary/aromatic N) is 2. The van der Waals surface area contributed by atoms with Gasteiger partial charge in [-0.1, -0.05) is 6.07 Å². The average Bonchev–Trinajstić information content (AvgIpc) is 2.92. The van der Waals surface area contributed by atoms with E-state index in [0.29, 0.717) is 0 Å². The van der Waals surface area contributed by atoms with E-state index in [0.717, 1.165) is 29.9 Å². The summed E-state index contributed by atoms with van der Waals surface area (Å²) >= 11 is 0. The highest BCUT2D eigenvalue weighted by molar-refractivity contribution is 5.74. The Morgan fingerprint density at radius 1 is 1.00 bits per heavy atom. The molecule has 0 fully saturated rings. The van der Waals surface area contributed by atoms with Gasteiger partial charge in [0.2, 0.25) is 0 Å². The quantitative estimate of drug-likeness (QED) is 0.760. The van der Waals surface area contributed by atoms with Gasteiger partial charge < -0.3 is 9.73 Å². The summed E-state index contributed by atoms with van der Waals surface area (Å²) in [6.45, 7) is 1.51. The first-order valence-corrected chi connectivity index (χ1v) is 5.84. The molecule has 0 aliphatic rings. The lowest BCUT2D eigenvalue weighted by Crippen LogP contribution is -2.12. The van der Waals surface area contributed by atoms with E-state index in [2.05, 4.69) is 27.4 Å². The fourth-order valence-corrected chi connectivity index (χ4v) is 1.86. The molecule has 0 saturated carbocycles. The van der Waals surface area contributed by atoms with Crippen LogP contribution in [0.2, 0.25) is 0 Å². The zero-order valence-electron chi connectivity index (χ0n) is 9.84. The van der Waals surface area contributed by atoms with Crippen LogP contribution < -0.4 is 5.32 Å². The molecule has 0 radical (unpaired) electrons. The SMILES string of the molecule is c1coc(CNCc2ccc3nccnc3c2)c1. The minimum absolute atomic E-state index is 0.728. The van der Waals surface area contributed by atoms with Crippen LogP contribution in [0.3, 0.4) is 0 Å². The van der Waals surface area contributed by atoms with Crippen molar-refractivity contribution in [2.75, 3.05) is 0 Å². The molecule has 0 bridgehead atoms. The van der Waals surface area contributed by atoms with Gasteiger partial charge in [-0.05, 0) is 29.8 Å². The predicted octanol–water partition coefficient (Wildman–Crippen LogP) is 2.51. The van der Waals surface area contributed by atoms with Gasteiger partial charge in [-0.25, -0.2) is 0 Å². The third-order valence-corrected chi connectivity index (χ3v) is 2.74. The van der Waals surface area contributed by atoms with Gasteiger partial charge in [0.1, 0.15) is 5.76 Å². The van der Waals surface area contributed by atoms with Crippen molar-refractivity contribution in [2.45, 2.75) is 13.1 Å². The molecule has 0 spiro atoms. The summed E-state index contributed by atoms with van der Waals surface area (Å²) in [6.07, 6.45) is 5.10. The summed E-state index contributed by atoms with van der Waals surface area (Å²) < 4.78 is 5.26. The fraction of sp³-hybridized carbons (Fsp3) is 0.143. The number of hydrogen-bond acceptors (Lipinski definition) is 4. The Hall–Kier alpha value is -2.20. The summed E-state index contributed by atoms with van der Waals surface area (Å²) in [7, 11) is 0. The van der Waals surface area contributed by atoms with Crippen molar-refractivity contribution in [3.05, 3.63) is 60.3 Å². The number of hydrogen-bond donors (Lipinski definition) is 1. The van der Waals surface area contributed by atoms with Gasteiger partial charge in [-0.15, -0.1) is 0 Å². The molecule has 2 heterocycles. The Balaban J connectivity index is 1.67.